The number of aryl methyl sites for hydroxylation is 1. The zero-order chi connectivity index (χ0) is 11.1. The molecule has 1 N–H and O–H groups in total. The van der Waals surface area contributed by atoms with Gasteiger partial charge in [-0.15, -0.1) is 0 Å². The number of aromatic hydroxyl groups is 1. The van der Waals surface area contributed by atoms with Crippen LogP contribution in [0.25, 0.3) is 0 Å². The average Bonchev–Trinajstić information content (AvgIpc) is 2.24. The van der Waals surface area contributed by atoms with E-state index in [4.69, 9.17) is 10.00 Å². The number of methoxy groups -OCH3 is 1. The number of benzene rings is 1. The highest BCUT2D eigenvalue weighted by atomic mass is 16.5. The van der Waals surface area contributed by atoms with Crippen molar-refractivity contribution in [2.24, 2.45) is 0 Å². The predicted octanol–water partition coefficient (Wildman–Crippen LogP) is 2.61. The number of nitrogens with zero attached hydrogens (tertiary/aromatic N) is 1. The summed E-state index contributed by atoms with van der Waals surface area (Å²) >= 11 is 0. The summed E-state index contributed by atoms with van der Waals surface area (Å²) in [6, 6.07) is 5.06. The lowest BCUT2D eigenvalue weighted by molar-refractivity contribution is 0.411. The molecule has 1 rings (SSSR count). The monoisotopic (exact) mass is 193 g/mol. The topological polar surface area (TPSA) is 53.2 Å². The van der Waals surface area contributed by atoms with Crippen LogP contribution in [0.4, 0.5) is 0 Å². The van der Waals surface area contributed by atoms with Crippen molar-refractivity contribution in [1.29, 1.82) is 5.26 Å². The number of phenols is 1. The van der Waals surface area contributed by atoms with Crippen molar-refractivity contribution >= 4 is 0 Å². The zero-order valence-electron chi connectivity index (χ0n) is 8.96. The summed E-state index contributed by atoms with van der Waals surface area (Å²) in [5.74, 6) is 0.611. The predicted molar refractivity (Wildman–Crippen MR) is 55.5 cm³/mol. The Morgan fingerprint density at radius 2 is 1.93 bits per heavy atom. The third-order valence-corrected chi connectivity index (χ3v) is 1.63. The summed E-state index contributed by atoms with van der Waals surface area (Å²) in [6.45, 7) is 5.72. The molecule has 0 radical (unpaired) electrons. The molecule has 0 amide bonds. The molecule has 0 spiro atoms. The van der Waals surface area contributed by atoms with Crippen molar-refractivity contribution in [3.63, 3.8) is 0 Å². The van der Waals surface area contributed by atoms with Crippen LogP contribution in [0.5, 0.6) is 11.5 Å². The van der Waals surface area contributed by atoms with Crippen molar-refractivity contribution in [3.05, 3.63) is 23.3 Å². The van der Waals surface area contributed by atoms with E-state index < -0.39 is 0 Å². The number of nitriles is 1. The van der Waals surface area contributed by atoms with Crippen LogP contribution in [-0.4, -0.2) is 12.2 Å². The van der Waals surface area contributed by atoms with Crippen molar-refractivity contribution in [3.8, 4) is 17.6 Å². The summed E-state index contributed by atoms with van der Waals surface area (Å²) < 4.78 is 4.93. The van der Waals surface area contributed by atoms with Crippen molar-refractivity contribution in [2.75, 3.05) is 7.11 Å². The van der Waals surface area contributed by atoms with Crippen molar-refractivity contribution in [2.45, 2.75) is 20.8 Å². The lowest BCUT2D eigenvalue weighted by atomic mass is 10.1. The first-order valence-electron chi connectivity index (χ1n) is 4.46. The highest BCUT2D eigenvalue weighted by molar-refractivity contribution is 5.51. The molecule has 0 aliphatic heterocycles. The third-order valence-electron chi connectivity index (χ3n) is 1.63. The van der Waals surface area contributed by atoms with E-state index in [1.54, 1.807) is 13.0 Å². The number of ether oxygens (including phenoxy) is 1. The fraction of sp³-hybridized carbons (Fsp3) is 0.364. The van der Waals surface area contributed by atoms with Gasteiger partial charge in [0.25, 0.3) is 0 Å². The van der Waals surface area contributed by atoms with Crippen LogP contribution in [0, 0.1) is 18.3 Å². The van der Waals surface area contributed by atoms with E-state index in [1.807, 2.05) is 19.9 Å². The van der Waals surface area contributed by atoms with Gasteiger partial charge in [0.2, 0.25) is 0 Å². The normalized spacial score (nSPS) is 8.21. The van der Waals surface area contributed by atoms with Crippen molar-refractivity contribution in [1.82, 2.24) is 0 Å². The van der Waals surface area contributed by atoms with Gasteiger partial charge in [-0.1, -0.05) is 13.8 Å². The molecular formula is C11H15NO2. The second kappa shape index (κ2) is 5.87. The summed E-state index contributed by atoms with van der Waals surface area (Å²) in [4.78, 5) is 0. The number of hydrogen-bond acceptors (Lipinski definition) is 3. The first-order chi connectivity index (χ1) is 6.69. The number of rotatable bonds is 1. The fourth-order valence-corrected chi connectivity index (χ4v) is 0.950. The number of phenolic OH excluding ortho intramolecular Hbond substituents is 1. The van der Waals surface area contributed by atoms with Crippen LogP contribution in [0.3, 0.4) is 0 Å². The van der Waals surface area contributed by atoms with Crippen LogP contribution in [-0.2, 0) is 0 Å². The van der Waals surface area contributed by atoms with E-state index in [-0.39, 0.29) is 11.3 Å². The maximum absolute atomic E-state index is 9.34. The summed E-state index contributed by atoms with van der Waals surface area (Å²) in [7, 11) is 1.52. The Bertz CT molecular complexity index is 340. The molecule has 1 aromatic rings. The fourth-order valence-electron chi connectivity index (χ4n) is 0.950. The van der Waals surface area contributed by atoms with Gasteiger partial charge in [-0.3, -0.25) is 0 Å². The van der Waals surface area contributed by atoms with Crippen LogP contribution in [0.15, 0.2) is 12.1 Å². The second-order valence-corrected chi connectivity index (χ2v) is 2.45. The molecule has 14 heavy (non-hydrogen) atoms. The quantitative estimate of drug-likeness (QED) is 0.745. The molecule has 0 bridgehead atoms. The highest BCUT2D eigenvalue weighted by Crippen LogP contribution is 2.26. The summed E-state index contributed by atoms with van der Waals surface area (Å²) in [5, 5.41) is 17.9. The van der Waals surface area contributed by atoms with Crippen LogP contribution < -0.4 is 4.74 Å². The Morgan fingerprint density at radius 1 is 1.36 bits per heavy atom. The van der Waals surface area contributed by atoms with E-state index in [0.717, 1.165) is 0 Å². The van der Waals surface area contributed by atoms with Crippen molar-refractivity contribution < 1.29 is 9.84 Å². The van der Waals surface area contributed by atoms with Gasteiger partial charge in [-0.25, -0.2) is 0 Å². The molecule has 0 atom stereocenters. The maximum atomic E-state index is 9.34. The molecular weight excluding hydrogens is 178 g/mol. The standard InChI is InChI=1S/C9H9NO2.C2H6/c1-6-3-8(12-2)4-7(5-10)9(6)11;1-2/h3-4,11H,1-2H3;1-2H3. The lowest BCUT2D eigenvalue weighted by Crippen LogP contribution is -1.87. The molecule has 0 saturated carbocycles. The van der Waals surface area contributed by atoms with E-state index in [0.29, 0.717) is 11.3 Å². The largest absolute Gasteiger partial charge is 0.506 e. The minimum Gasteiger partial charge on any atom is -0.506 e. The third kappa shape index (κ3) is 2.67. The molecule has 3 heteroatoms. The van der Waals surface area contributed by atoms with Gasteiger partial charge in [-0.05, 0) is 18.6 Å². The van der Waals surface area contributed by atoms with E-state index in [9.17, 15) is 5.11 Å². The number of hydrogen-bond donors (Lipinski definition) is 1. The first-order valence-corrected chi connectivity index (χ1v) is 4.46. The lowest BCUT2D eigenvalue weighted by Gasteiger charge is -2.04. The molecule has 0 unspecified atom stereocenters. The van der Waals surface area contributed by atoms with Gasteiger partial charge in [0.15, 0.2) is 0 Å². The van der Waals surface area contributed by atoms with Gasteiger partial charge < -0.3 is 9.84 Å². The van der Waals surface area contributed by atoms with Gasteiger partial charge in [0.05, 0.1) is 12.7 Å². The molecule has 0 aromatic heterocycles. The van der Waals surface area contributed by atoms with Gasteiger partial charge in [0, 0.05) is 6.07 Å². The molecule has 0 aliphatic carbocycles. The van der Waals surface area contributed by atoms with E-state index in [2.05, 4.69) is 0 Å². The molecule has 0 heterocycles. The highest BCUT2D eigenvalue weighted by Gasteiger charge is 2.05. The van der Waals surface area contributed by atoms with Gasteiger partial charge in [-0.2, -0.15) is 5.26 Å². The Hall–Kier alpha value is -1.69. The Balaban J connectivity index is 0.000000791. The Labute approximate surface area is 84.6 Å². The summed E-state index contributed by atoms with van der Waals surface area (Å²) in [6.07, 6.45) is 0. The Morgan fingerprint density at radius 3 is 2.36 bits per heavy atom. The van der Waals surface area contributed by atoms with Crippen LogP contribution >= 0.6 is 0 Å². The molecule has 0 fully saturated rings. The van der Waals surface area contributed by atoms with Crippen LogP contribution in [0.1, 0.15) is 25.0 Å². The first kappa shape index (κ1) is 12.3. The van der Waals surface area contributed by atoms with Crippen LogP contribution in [0.2, 0.25) is 0 Å². The summed E-state index contributed by atoms with van der Waals surface area (Å²) in [5.41, 5.74) is 0.887. The molecule has 0 saturated heterocycles. The zero-order valence-corrected chi connectivity index (χ0v) is 8.96. The average molecular weight is 193 g/mol. The van der Waals surface area contributed by atoms with Gasteiger partial charge >= 0.3 is 0 Å². The van der Waals surface area contributed by atoms with Gasteiger partial charge in [0.1, 0.15) is 17.6 Å². The maximum Gasteiger partial charge on any atom is 0.136 e. The molecule has 3 nitrogen and oxygen atoms in total. The molecule has 76 valence electrons. The minimum atomic E-state index is 0.0262. The smallest absolute Gasteiger partial charge is 0.136 e. The minimum absolute atomic E-state index is 0.0262. The SMILES string of the molecule is CC.COc1cc(C)c(O)c(C#N)c1. The van der Waals surface area contributed by atoms with E-state index >= 15 is 0 Å². The molecule has 1 aromatic carbocycles. The second-order valence-electron chi connectivity index (χ2n) is 2.45. The Kier molecular flexibility index (Phi) is 5.16. The van der Waals surface area contributed by atoms with E-state index in [1.165, 1.54) is 13.2 Å². The molecule has 0 aliphatic rings.